The molecule has 0 fully saturated rings. The molecule has 0 atom stereocenters. The highest BCUT2D eigenvalue weighted by Gasteiger charge is 2.21. The largest absolute Gasteiger partial charge is 0.466 e. The first-order chi connectivity index (χ1) is 10.8. The first-order valence-corrected chi connectivity index (χ1v) is 9.59. The van der Waals surface area contributed by atoms with E-state index in [0.717, 1.165) is 0 Å². The van der Waals surface area contributed by atoms with Crippen molar-refractivity contribution >= 4 is 44.6 Å². The molecule has 23 heavy (non-hydrogen) atoms. The maximum absolute atomic E-state index is 12.6. The molecule has 1 heterocycles. The number of esters is 1. The van der Waals surface area contributed by atoms with Gasteiger partial charge < -0.3 is 4.74 Å². The number of sulfonamides is 1. The van der Waals surface area contributed by atoms with Crippen LogP contribution < -0.4 is 4.72 Å². The van der Waals surface area contributed by atoms with Crippen LogP contribution in [0.4, 0.5) is 5.69 Å². The van der Waals surface area contributed by atoms with Crippen LogP contribution in [-0.4, -0.2) is 21.0 Å². The predicted octanol–water partition coefficient (Wildman–Crippen LogP) is 3.62. The van der Waals surface area contributed by atoms with E-state index in [4.69, 9.17) is 16.3 Å². The first-order valence-electron chi connectivity index (χ1n) is 6.85. The predicted molar refractivity (Wildman–Crippen MR) is 91.7 cm³/mol. The highest BCUT2D eigenvalue weighted by atomic mass is 35.5. The van der Waals surface area contributed by atoms with E-state index in [2.05, 4.69) is 4.72 Å². The Morgan fingerprint density at radius 2 is 2.09 bits per heavy atom. The van der Waals surface area contributed by atoms with Gasteiger partial charge in [-0.3, -0.25) is 9.52 Å². The van der Waals surface area contributed by atoms with Crippen LogP contribution in [0.3, 0.4) is 0 Å². The summed E-state index contributed by atoms with van der Waals surface area (Å²) in [5.74, 6) is -0.394. The number of rotatable bonds is 6. The molecule has 1 aromatic heterocycles. The maximum Gasteiger partial charge on any atom is 0.311 e. The number of hydrogen-bond acceptors (Lipinski definition) is 5. The van der Waals surface area contributed by atoms with E-state index in [1.165, 1.54) is 17.4 Å². The molecule has 124 valence electrons. The average molecular weight is 374 g/mol. The van der Waals surface area contributed by atoms with Crippen LogP contribution in [0.2, 0.25) is 5.02 Å². The number of hydrogen-bond donors (Lipinski definition) is 1. The molecule has 0 spiro atoms. The second-order valence-electron chi connectivity index (χ2n) is 4.71. The second-order valence-corrected chi connectivity index (χ2v) is 7.77. The summed E-state index contributed by atoms with van der Waals surface area (Å²) < 4.78 is 32.5. The van der Waals surface area contributed by atoms with Crippen molar-refractivity contribution in [3.05, 3.63) is 45.1 Å². The van der Waals surface area contributed by atoms with Gasteiger partial charge in [-0.2, -0.15) is 0 Å². The Morgan fingerprint density at radius 3 is 2.78 bits per heavy atom. The molecule has 0 amide bonds. The molecule has 0 aliphatic carbocycles. The normalized spacial score (nSPS) is 11.3. The standard InChI is InChI=1S/C15H16ClNO4S2/c1-3-21-15(18)9-13-12(7-8-22-13)17-23(19,20)14-6-4-5-11(16)10(14)2/h4-8,17H,3,9H2,1-2H3. The Bertz CT molecular complexity index is 815. The van der Waals surface area contributed by atoms with Gasteiger partial charge in [-0.05, 0) is 43.0 Å². The van der Waals surface area contributed by atoms with Gasteiger partial charge in [0.15, 0.2) is 0 Å². The van der Waals surface area contributed by atoms with Crippen molar-refractivity contribution in [2.45, 2.75) is 25.2 Å². The Kier molecular flexibility index (Phi) is 5.67. The van der Waals surface area contributed by atoms with Crippen molar-refractivity contribution in [2.24, 2.45) is 0 Å². The van der Waals surface area contributed by atoms with Crippen molar-refractivity contribution in [3.63, 3.8) is 0 Å². The van der Waals surface area contributed by atoms with Gasteiger partial charge in [-0.25, -0.2) is 8.42 Å². The number of carbonyl (C=O) groups excluding carboxylic acids is 1. The summed E-state index contributed by atoms with van der Waals surface area (Å²) in [6.45, 7) is 3.65. The molecule has 2 rings (SSSR count). The number of halogens is 1. The summed E-state index contributed by atoms with van der Waals surface area (Å²) in [6.07, 6.45) is 0.0257. The maximum atomic E-state index is 12.6. The zero-order chi connectivity index (χ0) is 17.0. The number of anilines is 1. The van der Waals surface area contributed by atoms with Gasteiger partial charge >= 0.3 is 5.97 Å². The lowest BCUT2D eigenvalue weighted by atomic mass is 10.2. The van der Waals surface area contributed by atoms with Gasteiger partial charge in [0.2, 0.25) is 0 Å². The number of thiophene rings is 1. The molecular weight excluding hydrogens is 358 g/mol. The first kappa shape index (κ1) is 17.8. The number of carbonyl (C=O) groups is 1. The smallest absolute Gasteiger partial charge is 0.311 e. The van der Waals surface area contributed by atoms with Crippen molar-refractivity contribution in [1.29, 1.82) is 0 Å². The van der Waals surface area contributed by atoms with Crippen LogP contribution in [0.15, 0.2) is 34.5 Å². The minimum absolute atomic E-state index is 0.0257. The fourth-order valence-corrected chi connectivity index (χ4v) is 4.46. The molecule has 5 nitrogen and oxygen atoms in total. The highest BCUT2D eigenvalue weighted by Crippen LogP contribution is 2.28. The molecule has 0 aliphatic rings. The number of ether oxygens (including phenoxy) is 1. The molecule has 1 aromatic carbocycles. The van der Waals surface area contributed by atoms with Gasteiger partial charge in [0.25, 0.3) is 10.0 Å². The van der Waals surface area contributed by atoms with Crippen molar-refractivity contribution in [1.82, 2.24) is 0 Å². The van der Waals surface area contributed by atoms with Crippen LogP contribution >= 0.6 is 22.9 Å². The van der Waals surface area contributed by atoms with Crippen LogP contribution in [0, 0.1) is 6.92 Å². The van der Waals surface area contributed by atoms with Gasteiger partial charge in [0.1, 0.15) is 0 Å². The topological polar surface area (TPSA) is 72.5 Å². The number of nitrogens with one attached hydrogen (secondary N) is 1. The van der Waals surface area contributed by atoms with Crippen LogP contribution in [-0.2, 0) is 26.0 Å². The summed E-state index contributed by atoms with van der Waals surface area (Å²) in [5.41, 5.74) is 0.853. The van der Waals surface area contributed by atoms with E-state index >= 15 is 0 Å². The van der Waals surface area contributed by atoms with Gasteiger partial charge in [0.05, 0.1) is 23.6 Å². The highest BCUT2D eigenvalue weighted by molar-refractivity contribution is 7.92. The van der Waals surface area contributed by atoms with Crippen LogP contribution in [0.25, 0.3) is 0 Å². The lowest BCUT2D eigenvalue weighted by Gasteiger charge is -2.11. The third-order valence-corrected chi connectivity index (χ3v) is 5.95. The Balaban J connectivity index is 2.27. The molecule has 0 radical (unpaired) electrons. The zero-order valence-electron chi connectivity index (χ0n) is 12.6. The molecule has 0 saturated heterocycles. The summed E-state index contributed by atoms with van der Waals surface area (Å²) in [7, 11) is -3.79. The lowest BCUT2D eigenvalue weighted by molar-refractivity contribution is -0.142. The third kappa shape index (κ3) is 4.25. The van der Waals surface area contributed by atoms with Crippen LogP contribution in [0.5, 0.6) is 0 Å². The second kappa shape index (κ2) is 7.33. The minimum atomic E-state index is -3.79. The number of benzene rings is 1. The summed E-state index contributed by atoms with van der Waals surface area (Å²) in [4.78, 5) is 12.3. The molecule has 8 heteroatoms. The van der Waals surface area contributed by atoms with E-state index < -0.39 is 16.0 Å². The molecule has 0 saturated carbocycles. The van der Waals surface area contributed by atoms with E-state index in [-0.39, 0.29) is 17.9 Å². The van der Waals surface area contributed by atoms with Crippen molar-refractivity contribution in [3.8, 4) is 0 Å². The van der Waals surface area contributed by atoms with Gasteiger partial charge in [-0.1, -0.05) is 17.7 Å². The summed E-state index contributed by atoms with van der Waals surface area (Å²) >= 11 is 7.28. The summed E-state index contributed by atoms with van der Waals surface area (Å²) in [6, 6.07) is 6.32. The minimum Gasteiger partial charge on any atom is -0.466 e. The van der Waals surface area contributed by atoms with E-state index in [1.807, 2.05) is 0 Å². The van der Waals surface area contributed by atoms with Gasteiger partial charge in [0, 0.05) is 9.90 Å². The Morgan fingerprint density at radius 1 is 1.35 bits per heavy atom. The van der Waals surface area contributed by atoms with Gasteiger partial charge in [-0.15, -0.1) is 11.3 Å². The Labute approximate surface area is 144 Å². The van der Waals surface area contributed by atoms with Crippen molar-refractivity contribution in [2.75, 3.05) is 11.3 Å². The molecule has 0 bridgehead atoms. The Hall–Kier alpha value is -1.57. The SMILES string of the molecule is CCOC(=O)Cc1sccc1NS(=O)(=O)c1cccc(Cl)c1C. The fraction of sp³-hybridized carbons (Fsp3) is 0.267. The fourth-order valence-electron chi connectivity index (χ4n) is 1.99. The van der Waals surface area contributed by atoms with E-state index in [1.54, 1.807) is 37.4 Å². The summed E-state index contributed by atoms with van der Waals surface area (Å²) in [5, 5.41) is 2.10. The molecule has 2 aromatic rings. The van der Waals surface area contributed by atoms with Crippen LogP contribution in [0.1, 0.15) is 17.4 Å². The average Bonchev–Trinajstić information content (AvgIpc) is 2.88. The monoisotopic (exact) mass is 373 g/mol. The molecule has 0 unspecified atom stereocenters. The van der Waals surface area contributed by atoms with Crippen molar-refractivity contribution < 1.29 is 17.9 Å². The van der Waals surface area contributed by atoms with E-state index in [9.17, 15) is 13.2 Å². The quantitative estimate of drug-likeness (QED) is 0.785. The molecule has 0 aliphatic heterocycles. The molecular formula is C15H16ClNO4S2. The third-order valence-electron chi connectivity index (χ3n) is 3.11. The zero-order valence-corrected chi connectivity index (χ0v) is 15.0. The lowest BCUT2D eigenvalue weighted by Crippen LogP contribution is -2.16. The van der Waals surface area contributed by atoms with E-state index in [0.29, 0.717) is 21.2 Å². The molecule has 1 N–H and O–H groups in total.